The van der Waals surface area contributed by atoms with Gasteiger partial charge in [-0.1, -0.05) is 18.2 Å². The number of aryl methyl sites for hydroxylation is 1. The fourth-order valence-electron chi connectivity index (χ4n) is 4.43. The number of likely N-dealkylation sites (tertiary alicyclic amines) is 1. The monoisotopic (exact) mass is 476 g/mol. The van der Waals surface area contributed by atoms with Gasteiger partial charge in [-0.05, 0) is 50.1 Å². The molecule has 35 heavy (non-hydrogen) atoms. The van der Waals surface area contributed by atoms with Gasteiger partial charge in [0.05, 0.1) is 17.8 Å². The van der Waals surface area contributed by atoms with E-state index in [2.05, 4.69) is 26.4 Å². The van der Waals surface area contributed by atoms with Crippen LogP contribution in [0, 0.1) is 6.92 Å². The molecule has 0 aliphatic carbocycles. The van der Waals surface area contributed by atoms with Crippen molar-refractivity contribution < 1.29 is 9.59 Å². The minimum atomic E-state index is -0.378. The predicted molar refractivity (Wildman–Crippen MR) is 136 cm³/mol. The van der Waals surface area contributed by atoms with Crippen LogP contribution in [-0.2, 0) is 11.2 Å². The SMILES string of the molecule is CC=CN1CCC[C@@H](n2nc(C(=O)Nc3ccc(CC(=O)N(C)C)cc3C)c3c(N)ncnc32)C1. The summed E-state index contributed by atoms with van der Waals surface area (Å²) in [5.74, 6) is -0.136. The van der Waals surface area contributed by atoms with Gasteiger partial charge in [-0.15, -0.1) is 0 Å². The second-order valence-corrected chi connectivity index (χ2v) is 9.09. The first-order valence-electron chi connectivity index (χ1n) is 11.7. The number of fused-ring (bicyclic) bond motifs is 1. The number of benzene rings is 1. The van der Waals surface area contributed by atoms with Gasteiger partial charge in [0, 0.05) is 32.9 Å². The summed E-state index contributed by atoms with van der Waals surface area (Å²) in [7, 11) is 3.46. The Bertz CT molecular complexity index is 1280. The third-order valence-corrected chi connectivity index (χ3v) is 6.26. The number of hydrogen-bond acceptors (Lipinski definition) is 7. The molecule has 0 radical (unpaired) electrons. The van der Waals surface area contributed by atoms with E-state index in [1.165, 1.54) is 6.33 Å². The molecule has 3 aromatic rings. The highest BCUT2D eigenvalue weighted by Crippen LogP contribution is 2.29. The first-order chi connectivity index (χ1) is 16.8. The molecule has 184 valence electrons. The molecule has 0 bridgehead atoms. The molecule has 1 atom stereocenters. The number of nitrogens with zero attached hydrogens (tertiary/aromatic N) is 6. The van der Waals surface area contributed by atoms with E-state index in [0.29, 0.717) is 23.1 Å². The molecule has 1 aliphatic heterocycles. The molecular weight excluding hydrogens is 444 g/mol. The number of carbonyl (C=O) groups is 2. The number of nitrogens with two attached hydrogens (primary N) is 1. The Morgan fingerprint density at radius 2 is 2.09 bits per heavy atom. The van der Waals surface area contributed by atoms with E-state index in [1.54, 1.807) is 25.1 Å². The van der Waals surface area contributed by atoms with Crippen LogP contribution in [0.4, 0.5) is 11.5 Å². The van der Waals surface area contributed by atoms with Crippen molar-refractivity contribution in [3.8, 4) is 0 Å². The largest absolute Gasteiger partial charge is 0.383 e. The predicted octanol–water partition coefficient (Wildman–Crippen LogP) is 2.77. The summed E-state index contributed by atoms with van der Waals surface area (Å²) in [5.41, 5.74) is 9.33. The van der Waals surface area contributed by atoms with Gasteiger partial charge in [-0.3, -0.25) is 9.59 Å². The lowest BCUT2D eigenvalue weighted by Gasteiger charge is -2.32. The Labute approximate surface area is 204 Å². The van der Waals surface area contributed by atoms with Gasteiger partial charge in [-0.2, -0.15) is 5.10 Å². The maximum atomic E-state index is 13.4. The van der Waals surface area contributed by atoms with Crippen LogP contribution in [0.15, 0.2) is 36.8 Å². The van der Waals surface area contributed by atoms with Gasteiger partial charge in [0.15, 0.2) is 11.3 Å². The molecule has 1 aromatic carbocycles. The van der Waals surface area contributed by atoms with Crippen molar-refractivity contribution in [2.45, 2.75) is 39.2 Å². The fraction of sp³-hybridized carbons (Fsp3) is 0.400. The van der Waals surface area contributed by atoms with Crippen molar-refractivity contribution in [3.05, 3.63) is 53.6 Å². The molecule has 2 aromatic heterocycles. The highest BCUT2D eigenvalue weighted by molar-refractivity contribution is 6.13. The zero-order valence-electron chi connectivity index (χ0n) is 20.7. The normalized spacial score (nSPS) is 16.1. The molecule has 1 fully saturated rings. The van der Waals surface area contributed by atoms with Gasteiger partial charge in [0.25, 0.3) is 5.91 Å². The summed E-state index contributed by atoms with van der Waals surface area (Å²) < 4.78 is 1.82. The van der Waals surface area contributed by atoms with Crippen LogP contribution < -0.4 is 11.1 Å². The van der Waals surface area contributed by atoms with E-state index in [-0.39, 0.29) is 29.4 Å². The second kappa shape index (κ2) is 10.1. The first-order valence-corrected chi connectivity index (χ1v) is 11.7. The summed E-state index contributed by atoms with van der Waals surface area (Å²) >= 11 is 0. The highest BCUT2D eigenvalue weighted by atomic mass is 16.2. The molecule has 3 N–H and O–H groups in total. The number of hydrogen-bond donors (Lipinski definition) is 2. The highest BCUT2D eigenvalue weighted by Gasteiger charge is 2.27. The van der Waals surface area contributed by atoms with Crippen molar-refractivity contribution in [2.75, 3.05) is 38.2 Å². The van der Waals surface area contributed by atoms with Crippen LogP contribution in [-0.4, -0.2) is 68.5 Å². The second-order valence-electron chi connectivity index (χ2n) is 9.09. The van der Waals surface area contributed by atoms with Crippen molar-refractivity contribution in [2.24, 2.45) is 0 Å². The van der Waals surface area contributed by atoms with E-state index in [1.807, 2.05) is 36.7 Å². The number of aromatic nitrogens is 4. The Balaban J connectivity index is 1.63. The Morgan fingerprint density at radius 3 is 2.80 bits per heavy atom. The number of piperidine rings is 1. The fourth-order valence-corrected chi connectivity index (χ4v) is 4.43. The molecule has 0 spiro atoms. The zero-order chi connectivity index (χ0) is 25.1. The minimum absolute atomic E-state index is 0.0179. The minimum Gasteiger partial charge on any atom is -0.383 e. The summed E-state index contributed by atoms with van der Waals surface area (Å²) in [6.07, 6.45) is 7.75. The van der Waals surface area contributed by atoms with Crippen molar-refractivity contribution in [1.29, 1.82) is 0 Å². The van der Waals surface area contributed by atoms with E-state index in [0.717, 1.165) is 37.1 Å². The third kappa shape index (κ3) is 5.11. The van der Waals surface area contributed by atoms with Crippen LogP contribution in [0.2, 0.25) is 0 Å². The van der Waals surface area contributed by atoms with Crippen LogP contribution in [0.3, 0.4) is 0 Å². The first kappa shape index (κ1) is 24.2. The maximum absolute atomic E-state index is 13.4. The molecule has 4 rings (SSSR count). The zero-order valence-corrected chi connectivity index (χ0v) is 20.7. The topological polar surface area (TPSA) is 122 Å². The van der Waals surface area contributed by atoms with E-state index in [9.17, 15) is 9.59 Å². The number of nitrogen functional groups attached to an aromatic ring is 1. The Morgan fingerprint density at radius 1 is 1.29 bits per heavy atom. The maximum Gasteiger partial charge on any atom is 0.277 e. The van der Waals surface area contributed by atoms with Crippen LogP contribution in [0.1, 0.15) is 47.4 Å². The van der Waals surface area contributed by atoms with Crippen LogP contribution in [0.5, 0.6) is 0 Å². The smallest absolute Gasteiger partial charge is 0.277 e. The number of allylic oxidation sites excluding steroid dienone is 1. The number of nitrogens with one attached hydrogen (secondary N) is 1. The molecule has 10 heteroatoms. The number of carbonyl (C=O) groups excluding carboxylic acids is 2. The molecule has 0 saturated carbocycles. The quantitative estimate of drug-likeness (QED) is 0.561. The molecule has 3 heterocycles. The molecule has 2 amide bonds. The van der Waals surface area contributed by atoms with E-state index in [4.69, 9.17) is 10.8 Å². The summed E-state index contributed by atoms with van der Waals surface area (Å²) in [6, 6.07) is 5.62. The van der Waals surface area contributed by atoms with Gasteiger partial charge < -0.3 is 20.9 Å². The lowest BCUT2D eigenvalue weighted by atomic mass is 10.1. The molecule has 10 nitrogen and oxygen atoms in total. The number of anilines is 2. The molecule has 1 aliphatic rings. The molecule has 0 unspecified atom stereocenters. The van der Waals surface area contributed by atoms with Gasteiger partial charge >= 0.3 is 0 Å². The molecular formula is C25H32N8O2. The lowest BCUT2D eigenvalue weighted by molar-refractivity contribution is -0.127. The number of likely N-dealkylation sites (N-methyl/N-ethyl adjacent to an activating group) is 1. The Hall–Kier alpha value is -3.95. The Kier molecular flexibility index (Phi) is 6.99. The summed E-state index contributed by atoms with van der Waals surface area (Å²) in [4.78, 5) is 37.7. The van der Waals surface area contributed by atoms with Crippen molar-refractivity contribution in [3.63, 3.8) is 0 Å². The van der Waals surface area contributed by atoms with Crippen LogP contribution in [0.25, 0.3) is 11.0 Å². The van der Waals surface area contributed by atoms with Gasteiger partial charge in [0.2, 0.25) is 5.91 Å². The van der Waals surface area contributed by atoms with E-state index >= 15 is 0 Å². The standard InChI is InChI=1S/C25H32N8O2/c1-5-10-32-11-6-7-18(14-32)33-24-21(23(26)27-15-28-24)22(30-33)25(35)29-19-9-8-17(12-16(19)2)13-20(34)31(3)4/h5,8-10,12,15,18H,6-7,11,13-14H2,1-4H3,(H,29,35)(H2,26,27,28)/t18-/m1/s1. The summed E-state index contributed by atoms with van der Waals surface area (Å²) in [5, 5.41) is 8.10. The molecule has 1 saturated heterocycles. The lowest BCUT2D eigenvalue weighted by Crippen LogP contribution is -2.33. The number of rotatable bonds is 6. The van der Waals surface area contributed by atoms with Crippen LogP contribution >= 0.6 is 0 Å². The number of amides is 2. The van der Waals surface area contributed by atoms with Gasteiger partial charge in [-0.25, -0.2) is 14.6 Å². The van der Waals surface area contributed by atoms with E-state index < -0.39 is 0 Å². The van der Waals surface area contributed by atoms with Gasteiger partial charge in [0.1, 0.15) is 12.1 Å². The average molecular weight is 477 g/mol. The summed E-state index contributed by atoms with van der Waals surface area (Å²) in [6.45, 7) is 5.65. The third-order valence-electron chi connectivity index (χ3n) is 6.26. The van der Waals surface area contributed by atoms with Crippen molar-refractivity contribution >= 4 is 34.4 Å². The van der Waals surface area contributed by atoms with Crippen molar-refractivity contribution in [1.82, 2.24) is 29.5 Å². The average Bonchev–Trinajstić information content (AvgIpc) is 3.22.